The van der Waals surface area contributed by atoms with Crippen molar-refractivity contribution in [2.45, 2.75) is 86.1 Å². The summed E-state index contributed by atoms with van der Waals surface area (Å²) in [6.07, 6.45) is 8.22. The lowest BCUT2D eigenvalue weighted by atomic mass is 9.96. The van der Waals surface area contributed by atoms with E-state index in [4.69, 9.17) is 17.0 Å². The average molecular weight is 587 g/mol. The van der Waals surface area contributed by atoms with Gasteiger partial charge in [0, 0.05) is 31.7 Å². The molecule has 2 aliphatic heterocycles. The average Bonchev–Trinajstić information content (AvgIpc) is 3.21. The first-order valence-electron chi connectivity index (χ1n) is 14.6. The minimum Gasteiger partial charge on any atom is -0.466 e. The van der Waals surface area contributed by atoms with E-state index in [1.807, 2.05) is 6.92 Å². The summed E-state index contributed by atoms with van der Waals surface area (Å²) < 4.78 is 7.49. The molecule has 1 aromatic heterocycles. The van der Waals surface area contributed by atoms with Crippen molar-refractivity contribution in [1.82, 2.24) is 9.47 Å². The third-order valence-corrected chi connectivity index (χ3v) is 9.15. The summed E-state index contributed by atoms with van der Waals surface area (Å²) in [7, 11) is 0. The molecule has 1 amide bonds. The van der Waals surface area contributed by atoms with Gasteiger partial charge in [0.1, 0.15) is 21.8 Å². The van der Waals surface area contributed by atoms with Crippen molar-refractivity contribution in [2.24, 2.45) is 11.8 Å². The Morgan fingerprint density at radius 1 is 1.25 bits per heavy atom. The summed E-state index contributed by atoms with van der Waals surface area (Å²) in [5.74, 6) is 0.346. The van der Waals surface area contributed by atoms with Gasteiger partial charge in [-0.2, -0.15) is 5.26 Å². The topological polar surface area (TPSA) is 95.6 Å². The maximum Gasteiger partial charge on any atom is 0.310 e. The number of ether oxygens (including phenoxy) is 1. The summed E-state index contributed by atoms with van der Waals surface area (Å²) in [5.41, 5.74) is 0.922. The van der Waals surface area contributed by atoms with E-state index in [-0.39, 0.29) is 28.9 Å². The molecule has 2 saturated heterocycles. The van der Waals surface area contributed by atoms with Crippen molar-refractivity contribution in [2.75, 3.05) is 31.1 Å². The number of esters is 1. The Bertz CT molecular complexity index is 1250. The molecule has 0 bridgehead atoms. The van der Waals surface area contributed by atoms with Crippen LogP contribution in [0.4, 0.5) is 5.82 Å². The number of aromatic nitrogens is 1. The number of pyridine rings is 1. The molecular weight excluding hydrogens is 544 g/mol. The van der Waals surface area contributed by atoms with Crippen LogP contribution in [0.2, 0.25) is 0 Å². The minimum atomic E-state index is -0.346. The highest BCUT2D eigenvalue weighted by Gasteiger charge is 2.35. The van der Waals surface area contributed by atoms with Crippen molar-refractivity contribution >= 4 is 52.1 Å². The quantitative estimate of drug-likeness (QED) is 0.177. The molecule has 0 aromatic carbocycles. The number of hydrogen-bond donors (Lipinski definition) is 0. The van der Waals surface area contributed by atoms with Gasteiger partial charge in [-0.05, 0) is 57.1 Å². The van der Waals surface area contributed by atoms with Crippen LogP contribution in [0.25, 0.3) is 6.08 Å². The van der Waals surface area contributed by atoms with E-state index in [2.05, 4.69) is 24.8 Å². The minimum absolute atomic E-state index is 0.0727. The van der Waals surface area contributed by atoms with Crippen LogP contribution in [-0.4, -0.2) is 51.9 Å². The van der Waals surface area contributed by atoms with Gasteiger partial charge in [-0.3, -0.25) is 23.9 Å². The monoisotopic (exact) mass is 586 g/mol. The first-order chi connectivity index (χ1) is 19.2. The van der Waals surface area contributed by atoms with Gasteiger partial charge in [0.25, 0.3) is 11.5 Å². The molecule has 3 rings (SSSR count). The van der Waals surface area contributed by atoms with Crippen molar-refractivity contribution in [3.63, 3.8) is 0 Å². The van der Waals surface area contributed by atoms with Crippen LogP contribution in [0.15, 0.2) is 9.70 Å². The van der Waals surface area contributed by atoms with Gasteiger partial charge >= 0.3 is 5.97 Å². The van der Waals surface area contributed by atoms with Gasteiger partial charge in [0.05, 0.1) is 17.4 Å². The van der Waals surface area contributed by atoms with Crippen molar-refractivity contribution in [1.29, 1.82) is 5.26 Å². The zero-order valence-corrected chi connectivity index (χ0v) is 26.1. The second kappa shape index (κ2) is 14.8. The number of nitrogens with zero attached hydrogens (tertiary/aromatic N) is 4. The van der Waals surface area contributed by atoms with Crippen LogP contribution < -0.4 is 10.5 Å². The number of anilines is 1. The summed E-state index contributed by atoms with van der Waals surface area (Å²) in [4.78, 5) is 44.0. The molecular formula is C30H42N4O4S2. The fraction of sp³-hybridized carbons (Fsp3) is 0.633. The molecule has 2 fully saturated rings. The van der Waals surface area contributed by atoms with Crippen molar-refractivity contribution in [3.8, 4) is 6.07 Å². The van der Waals surface area contributed by atoms with E-state index in [0.717, 1.165) is 32.1 Å². The number of thioether (sulfide) groups is 1. The number of thiocarbonyl (C=S) groups is 1. The van der Waals surface area contributed by atoms with Crippen LogP contribution in [0.1, 0.15) is 89.3 Å². The molecule has 0 saturated carbocycles. The SMILES string of the molecule is CCCCC(CC)CN1C(=O)/C(=C\c2c(C)c(C#N)c(=O)n(CCC)c2N2CCCC(C(=O)OCC)C2)SC1=S. The van der Waals surface area contributed by atoms with E-state index in [9.17, 15) is 19.6 Å². The summed E-state index contributed by atoms with van der Waals surface area (Å²) in [5, 5.41) is 9.93. The Labute approximate surface area is 247 Å². The Morgan fingerprint density at radius 2 is 2.00 bits per heavy atom. The van der Waals surface area contributed by atoms with Crippen molar-refractivity contribution < 1.29 is 14.3 Å². The van der Waals surface area contributed by atoms with Gasteiger partial charge in [-0.25, -0.2) is 0 Å². The van der Waals surface area contributed by atoms with Crippen molar-refractivity contribution in [3.05, 3.63) is 31.9 Å². The lowest BCUT2D eigenvalue weighted by molar-refractivity contribution is -0.148. The Morgan fingerprint density at radius 3 is 2.62 bits per heavy atom. The standard InChI is InChI=1S/C30H42N4O4S2/c1-6-10-12-21(8-3)18-34-28(36)25(40-30(34)39)16-23-20(5)24(17-31)27(35)33(14-7-2)26(23)32-15-11-13-22(19-32)29(37)38-9-4/h16,21-22H,6-15,18-19H2,1-5H3/b25-16+. The van der Waals surface area contributed by atoms with Gasteiger partial charge in [-0.15, -0.1) is 0 Å². The molecule has 1 aromatic rings. The van der Waals surface area contributed by atoms with Crippen LogP contribution in [0.5, 0.6) is 0 Å². The maximum absolute atomic E-state index is 13.6. The van der Waals surface area contributed by atoms with Crippen LogP contribution in [-0.2, 0) is 20.9 Å². The third-order valence-electron chi connectivity index (χ3n) is 7.77. The third kappa shape index (κ3) is 6.98. The first kappa shape index (κ1) is 31.9. The fourth-order valence-corrected chi connectivity index (χ4v) is 6.76. The zero-order chi connectivity index (χ0) is 29.4. The maximum atomic E-state index is 13.6. The predicted molar refractivity (Wildman–Crippen MR) is 165 cm³/mol. The Hall–Kier alpha value is -2.64. The van der Waals surface area contributed by atoms with Gasteiger partial charge in [-0.1, -0.05) is 64.0 Å². The number of hydrogen-bond acceptors (Lipinski definition) is 8. The molecule has 10 heteroatoms. The highest BCUT2D eigenvalue weighted by Crippen LogP contribution is 2.37. The Balaban J connectivity index is 2.11. The molecule has 2 atom stereocenters. The molecule has 218 valence electrons. The molecule has 2 unspecified atom stereocenters. The zero-order valence-electron chi connectivity index (χ0n) is 24.5. The predicted octanol–water partition coefficient (Wildman–Crippen LogP) is 5.64. The molecule has 0 N–H and O–H groups in total. The second-order valence-electron chi connectivity index (χ2n) is 10.6. The molecule has 0 aliphatic carbocycles. The number of nitriles is 1. The highest BCUT2D eigenvalue weighted by molar-refractivity contribution is 8.26. The smallest absolute Gasteiger partial charge is 0.310 e. The van der Waals surface area contributed by atoms with E-state index in [1.54, 1.807) is 29.4 Å². The van der Waals surface area contributed by atoms with Gasteiger partial charge in [0.2, 0.25) is 0 Å². The van der Waals surface area contributed by atoms with Crippen LogP contribution in [0, 0.1) is 30.1 Å². The summed E-state index contributed by atoms with van der Waals surface area (Å²) in [6, 6.07) is 2.10. The van der Waals surface area contributed by atoms with Gasteiger partial charge < -0.3 is 9.64 Å². The van der Waals surface area contributed by atoms with E-state index in [1.165, 1.54) is 11.8 Å². The van der Waals surface area contributed by atoms with Crippen LogP contribution >= 0.6 is 24.0 Å². The molecule has 0 radical (unpaired) electrons. The van der Waals surface area contributed by atoms with Crippen LogP contribution in [0.3, 0.4) is 0 Å². The molecule has 2 aliphatic rings. The lowest BCUT2D eigenvalue weighted by Gasteiger charge is -2.36. The first-order valence-corrected chi connectivity index (χ1v) is 15.8. The normalized spacial score (nSPS) is 19.3. The summed E-state index contributed by atoms with van der Waals surface area (Å²) >= 11 is 6.92. The second-order valence-corrected chi connectivity index (χ2v) is 12.2. The lowest BCUT2D eigenvalue weighted by Crippen LogP contribution is -2.43. The molecule has 0 spiro atoms. The van der Waals surface area contributed by atoms with E-state index < -0.39 is 0 Å². The molecule has 8 nitrogen and oxygen atoms in total. The number of rotatable bonds is 12. The number of carbonyl (C=O) groups excluding carboxylic acids is 2. The molecule has 3 heterocycles. The number of amides is 1. The number of carbonyl (C=O) groups is 2. The summed E-state index contributed by atoms with van der Waals surface area (Å²) in [6.45, 7) is 12.2. The van der Waals surface area contributed by atoms with Gasteiger partial charge in [0.15, 0.2) is 0 Å². The fourth-order valence-electron chi connectivity index (χ4n) is 5.50. The Kier molecular flexibility index (Phi) is 11.8. The largest absolute Gasteiger partial charge is 0.466 e. The number of piperidine rings is 1. The van der Waals surface area contributed by atoms with E-state index >= 15 is 0 Å². The van der Waals surface area contributed by atoms with E-state index in [0.29, 0.717) is 77.7 Å². The molecule has 40 heavy (non-hydrogen) atoms. The number of unbranched alkanes of at least 4 members (excludes halogenated alkanes) is 1. The highest BCUT2D eigenvalue weighted by atomic mass is 32.2.